The number of rotatable bonds is 7. The van der Waals surface area contributed by atoms with Crippen LogP contribution in [0.5, 0.6) is 0 Å². The van der Waals surface area contributed by atoms with Crippen molar-refractivity contribution in [3.8, 4) is 0 Å². The molecular formula is C18H31IN4OS. The molecule has 0 aromatic carbocycles. The van der Waals surface area contributed by atoms with E-state index < -0.39 is 0 Å². The molecule has 7 heteroatoms. The number of nitrogens with one attached hydrogen (secondary N) is 3. The molecule has 0 spiro atoms. The van der Waals surface area contributed by atoms with Crippen LogP contribution in [0.4, 0.5) is 0 Å². The third-order valence-corrected chi connectivity index (χ3v) is 5.65. The van der Waals surface area contributed by atoms with Crippen LogP contribution in [0.25, 0.3) is 0 Å². The third-order valence-electron chi connectivity index (χ3n) is 4.53. The van der Waals surface area contributed by atoms with Crippen LogP contribution in [0.2, 0.25) is 0 Å². The molecule has 1 heterocycles. The van der Waals surface area contributed by atoms with Crippen molar-refractivity contribution < 1.29 is 4.79 Å². The standard InChI is InChI=1S/C18H30N4OS.HI/c1-3-19-17(21-12-11-20-15(2)23)22-14-18(9-5-4-6-10-18)16-8-7-13-24-16;/h7-8,13H,3-6,9-12,14H2,1-2H3,(H,20,23)(H2,19,21,22);1H. The van der Waals surface area contributed by atoms with Gasteiger partial charge in [0.25, 0.3) is 0 Å². The van der Waals surface area contributed by atoms with Gasteiger partial charge < -0.3 is 16.0 Å². The van der Waals surface area contributed by atoms with E-state index in [0.29, 0.717) is 13.1 Å². The Morgan fingerprint density at radius 1 is 1.20 bits per heavy atom. The minimum absolute atomic E-state index is 0. The van der Waals surface area contributed by atoms with Crippen molar-refractivity contribution in [2.24, 2.45) is 4.99 Å². The first-order valence-electron chi connectivity index (χ1n) is 8.97. The predicted octanol–water partition coefficient (Wildman–Crippen LogP) is 3.26. The Bertz CT molecular complexity index is 527. The summed E-state index contributed by atoms with van der Waals surface area (Å²) in [6.45, 7) is 6.54. The van der Waals surface area contributed by atoms with Gasteiger partial charge >= 0.3 is 0 Å². The smallest absolute Gasteiger partial charge is 0.216 e. The van der Waals surface area contributed by atoms with Crippen LogP contribution in [0.3, 0.4) is 0 Å². The second-order valence-corrected chi connectivity index (χ2v) is 7.37. The van der Waals surface area contributed by atoms with E-state index in [1.807, 2.05) is 11.3 Å². The molecule has 0 radical (unpaired) electrons. The van der Waals surface area contributed by atoms with Gasteiger partial charge in [0.2, 0.25) is 5.91 Å². The zero-order valence-electron chi connectivity index (χ0n) is 15.3. The highest BCUT2D eigenvalue weighted by atomic mass is 127. The van der Waals surface area contributed by atoms with Crippen molar-refractivity contribution >= 4 is 47.2 Å². The summed E-state index contributed by atoms with van der Waals surface area (Å²) in [5, 5.41) is 11.6. The molecule has 1 aromatic rings. The molecule has 0 aliphatic heterocycles. The molecule has 0 unspecified atom stereocenters. The number of aliphatic imine (C=N–C) groups is 1. The summed E-state index contributed by atoms with van der Waals surface area (Å²) in [6, 6.07) is 4.42. The number of carbonyl (C=O) groups excluding carboxylic acids is 1. The topological polar surface area (TPSA) is 65.5 Å². The number of nitrogens with zero attached hydrogens (tertiary/aromatic N) is 1. The van der Waals surface area contributed by atoms with Crippen LogP contribution >= 0.6 is 35.3 Å². The molecule has 5 nitrogen and oxygen atoms in total. The molecule has 3 N–H and O–H groups in total. The number of amides is 1. The molecule has 1 fully saturated rings. The quantitative estimate of drug-likeness (QED) is 0.244. The van der Waals surface area contributed by atoms with Crippen molar-refractivity contribution in [1.82, 2.24) is 16.0 Å². The second kappa shape index (κ2) is 11.7. The first-order valence-corrected chi connectivity index (χ1v) is 9.85. The third kappa shape index (κ3) is 7.13. The summed E-state index contributed by atoms with van der Waals surface area (Å²) in [5.74, 6) is 0.835. The van der Waals surface area contributed by atoms with E-state index >= 15 is 0 Å². The van der Waals surface area contributed by atoms with Crippen molar-refractivity contribution in [3.05, 3.63) is 22.4 Å². The Morgan fingerprint density at radius 2 is 1.92 bits per heavy atom. The van der Waals surface area contributed by atoms with Crippen LogP contribution in [-0.4, -0.2) is 38.0 Å². The summed E-state index contributed by atoms with van der Waals surface area (Å²) in [6.07, 6.45) is 6.37. The van der Waals surface area contributed by atoms with Crippen LogP contribution in [0.15, 0.2) is 22.5 Å². The van der Waals surface area contributed by atoms with Gasteiger partial charge in [-0.25, -0.2) is 0 Å². The highest BCUT2D eigenvalue weighted by Crippen LogP contribution is 2.41. The first-order chi connectivity index (χ1) is 11.7. The van der Waals surface area contributed by atoms with Gasteiger partial charge in [-0.3, -0.25) is 9.79 Å². The molecule has 1 saturated carbocycles. The highest BCUT2D eigenvalue weighted by molar-refractivity contribution is 14.0. The van der Waals surface area contributed by atoms with Gasteiger partial charge in [0.15, 0.2) is 5.96 Å². The summed E-state index contributed by atoms with van der Waals surface area (Å²) >= 11 is 1.86. The van der Waals surface area contributed by atoms with E-state index in [0.717, 1.165) is 19.0 Å². The molecule has 0 saturated heterocycles. The maximum absolute atomic E-state index is 10.9. The first kappa shape index (κ1) is 22.2. The predicted molar refractivity (Wildman–Crippen MR) is 117 cm³/mol. The molecule has 1 aliphatic rings. The van der Waals surface area contributed by atoms with E-state index in [-0.39, 0.29) is 35.3 Å². The van der Waals surface area contributed by atoms with Crippen molar-refractivity contribution in [3.63, 3.8) is 0 Å². The minimum atomic E-state index is -0.00223. The molecule has 1 aliphatic carbocycles. The number of carbonyl (C=O) groups is 1. The Kier molecular flexibility index (Phi) is 10.4. The van der Waals surface area contributed by atoms with Gasteiger partial charge in [-0.15, -0.1) is 35.3 Å². The fraction of sp³-hybridized carbons (Fsp3) is 0.667. The zero-order chi connectivity index (χ0) is 17.3. The van der Waals surface area contributed by atoms with Crippen molar-refractivity contribution in [2.45, 2.75) is 51.4 Å². The molecule has 142 valence electrons. The molecule has 25 heavy (non-hydrogen) atoms. The Labute approximate surface area is 172 Å². The van der Waals surface area contributed by atoms with E-state index in [2.05, 4.69) is 40.4 Å². The van der Waals surface area contributed by atoms with Crippen molar-refractivity contribution in [2.75, 3.05) is 26.2 Å². The van der Waals surface area contributed by atoms with Gasteiger partial charge in [-0.05, 0) is 31.2 Å². The van der Waals surface area contributed by atoms with Crippen LogP contribution in [-0.2, 0) is 10.2 Å². The minimum Gasteiger partial charge on any atom is -0.357 e. The lowest BCUT2D eigenvalue weighted by molar-refractivity contribution is -0.118. The Balaban J connectivity index is 0.00000312. The Morgan fingerprint density at radius 3 is 2.52 bits per heavy atom. The summed E-state index contributed by atoms with van der Waals surface area (Å²) < 4.78 is 0. The summed E-state index contributed by atoms with van der Waals surface area (Å²) in [4.78, 5) is 17.3. The molecule has 0 bridgehead atoms. The van der Waals surface area contributed by atoms with E-state index in [1.165, 1.54) is 43.9 Å². The number of halogens is 1. The highest BCUT2D eigenvalue weighted by Gasteiger charge is 2.34. The maximum atomic E-state index is 10.9. The normalized spacial score (nSPS) is 16.6. The number of guanidine groups is 1. The van der Waals surface area contributed by atoms with Gasteiger partial charge in [0.05, 0.1) is 6.54 Å². The molecular weight excluding hydrogens is 447 g/mol. The van der Waals surface area contributed by atoms with Gasteiger partial charge in [0, 0.05) is 36.9 Å². The second-order valence-electron chi connectivity index (χ2n) is 6.42. The number of hydrogen-bond acceptors (Lipinski definition) is 3. The van der Waals surface area contributed by atoms with E-state index in [1.54, 1.807) is 0 Å². The van der Waals surface area contributed by atoms with E-state index in [9.17, 15) is 4.79 Å². The molecule has 0 atom stereocenters. The van der Waals surface area contributed by atoms with Gasteiger partial charge in [-0.1, -0.05) is 25.3 Å². The molecule has 1 aromatic heterocycles. The van der Waals surface area contributed by atoms with Gasteiger partial charge in [-0.2, -0.15) is 0 Å². The monoisotopic (exact) mass is 478 g/mol. The summed E-state index contributed by atoms with van der Waals surface area (Å²) in [5.41, 5.74) is 0.201. The fourth-order valence-corrected chi connectivity index (χ4v) is 4.26. The number of thiophene rings is 1. The van der Waals surface area contributed by atoms with E-state index in [4.69, 9.17) is 4.99 Å². The lowest BCUT2D eigenvalue weighted by Crippen LogP contribution is -2.42. The SMILES string of the molecule is CCNC(=NCC1(c2cccs2)CCCCC1)NCCNC(C)=O.I. The largest absolute Gasteiger partial charge is 0.357 e. The Hall–Kier alpha value is -0.830. The molecule has 2 rings (SSSR count). The zero-order valence-corrected chi connectivity index (χ0v) is 18.4. The lowest BCUT2D eigenvalue weighted by atomic mass is 9.73. The average Bonchev–Trinajstić information content (AvgIpc) is 3.12. The average molecular weight is 478 g/mol. The fourth-order valence-electron chi connectivity index (χ4n) is 3.28. The van der Waals surface area contributed by atoms with Crippen molar-refractivity contribution in [1.29, 1.82) is 0 Å². The molecule has 1 amide bonds. The number of hydrogen-bond donors (Lipinski definition) is 3. The maximum Gasteiger partial charge on any atom is 0.216 e. The van der Waals surface area contributed by atoms with Gasteiger partial charge in [0.1, 0.15) is 0 Å². The van der Waals surface area contributed by atoms with Crippen LogP contribution < -0.4 is 16.0 Å². The van der Waals surface area contributed by atoms with Crippen LogP contribution in [0, 0.1) is 0 Å². The van der Waals surface area contributed by atoms with Crippen LogP contribution in [0.1, 0.15) is 50.8 Å². The summed E-state index contributed by atoms with van der Waals surface area (Å²) in [7, 11) is 0. The lowest BCUT2D eigenvalue weighted by Gasteiger charge is -2.35.